The highest BCUT2D eigenvalue weighted by molar-refractivity contribution is 7.92. The summed E-state index contributed by atoms with van der Waals surface area (Å²) in [4.78, 5) is 12.3. The van der Waals surface area contributed by atoms with Crippen LogP contribution in [-0.2, 0) is 14.8 Å². The second-order valence-corrected chi connectivity index (χ2v) is 7.44. The Morgan fingerprint density at radius 1 is 1.32 bits per heavy atom. The molecule has 0 saturated carbocycles. The van der Waals surface area contributed by atoms with Crippen molar-refractivity contribution < 1.29 is 17.9 Å². The van der Waals surface area contributed by atoms with Crippen molar-refractivity contribution in [3.05, 3.63) is 28.8 Å². The number of ether oxygens (including phenoxy) is 1. The van der Waals surface area contributed by atoms with Crippen LogP contribution in [-0.4, -0.2) is 39.8 Å². The number of carbonyl (C=O) groups is 1. The van der Waals surface area contributed by atoms with Crippen LogP contribution in [0, 0.1) is 0 Å². The van der Waals surface area contributed by atoms with Gasteiger partial charge in [-0.25, -0.2) is 8.42 Å². The molecule has 0 aromatic heterocycles. The summed E-state index contributed by atoms with van der Waals surface area (Å²) in [5, 5.41) is 3.19. The maximum Gasteiger partial charge on any atom is 0.251 e. The molecule has 0 bridgehead atoms. The average Bonchev–Trinajstić information content (AvgIpc) is 2.68. The summed E-state index contributed by atoms with van der Waals surface area (Å²) < 4.78 is 30.3. The van der Waals surface area contributed by atoms with Gasteiger partial charge < -0.3 is 10.1 Å². The van der Waals surface area contributed by atoms with E-state index in [1.165, 1.54) is 12.1 Å². The lowest BCUT2D eigenvalue weighted by molar-refractivity contribution is 0.0929. The molecule has 1 amide bonds. The zero-order chi connectivity index (χ0) is 16.2. The lowest BCUT2D eigenvalue weighted by Gasteiger charge is -2.16. The van der Waals surface area contributed by atoms with E-state index < -0.39 is 10.0 Å². The number of benzene rings is 1. The Bertz CT molecular complexity index is 640. The molecule has 22 heavy (non-hydrogen) atoms. The average molecular weight is 347 g/mol. The molecule has 2 N–H and O–H groups in total. The Morgan fingerprint density at radius 2 is 2.09 bits per heavy atom. The van der Waals surface area contributed by atoms with E-state index in [1.54, 1.807) is 6.07 Å². The second kappa shape index (κ2) is 7.30. The smallest absolute Gasteiger partial charge is 0.251 e. The molecule has 1 aliphatic rings. The summed E-state index contributed by atoms with van der Waals surface area (Å²) in [5.41, 5.74) is 0.557. The van der Waals surface area contributed by atoms with Gasteiger partial charge in [0.2, 0.25) is 10.0 Å². The van der Waals surface area contributed by atoms with Crippen LogP contribution >= 0.6 is 11.6 Å². The van der Waals surface area contributed by atoms with Crippen molar-refractivity contribution in [2.24, 2.45) is 0 Å². The maximum absolute atomic E-state index is 12.3. The van der Waals surface area contributed by atoms with Gasteiger partial charge in [0.15, 0.2) is 0 Å². The van der Waals surface area contributed by atoms with Crippen LogP contribution in [0.4, 0.5) is 5.69 Å². The Morgan fingerprint density at radius 3 is 2.82 bits per heavy atom. The van der Waals surface area contributed by atoms with E-state index in [4.69, 9.17) is 16.3 Å². The number of hydrogen-bond acceptors (Lipinski definition) is 4. The first-order valence-corrected chi connectivity index (χ1v) is 9.28. The summed E-state index contributed by atoms with van der Waals surface area (Å²) in [5.74, 6) is -0.250. The molecule has 2 rings (SSSR count). The highest BCUT2D eigenvalue weighted by atomic mass is 35.5. The third-order valence-electron chi connectivity index (χ3n) is 3.31. The Kier molecular flexibility index (Phi) is 5.66. The zero-order valence-corrected chi connectivity index (χ0v) is 13.8. The van der Waals surface area contributed by atoms with Crippen molar-refractivity contribution in [3.8, 4) is 0 Å². The normalized spacial score (nSPS) is 19.3. The first-order chi connectivity index (χ1) is 10.3. The molecular formula is C14H19ClN2O4S. The number of carbonyl (C=O) groups excluding carboxylic acids is 1. The lowest BCUT2D eigenvalue weighted by atomic mass is 10.1. The van der Waals surface area contributed by atoms with Gasteiger partial charge in [0.05, 0.1) is 17.0 Å². The van der Waals surface area contributed by atoms with E-state index in [0.29, 0.717) is 12.2 Å². The first kappa shape index (κ1) is 17.1. The Labute approximate surface area is 135 Å². The largest absolute Gasteiger partial charge is 0.381 e. The quantitative estimate of drug-likeness (QED) is 0.873. The van der Waals surface area contributed by atoms with Crippen molar-refractivity contribution >= 4 is 33.2 Å². The number of halogens is 1. The van der Waals surface area contributed by atoms with Crippen LogP contribution in [0.5, 0.6) is 0 Å². The van der Waals surface area contributed by atoms with E-state index in [2.05, 4.69) is 10.0 Å². The molecule has 1 aromatic rings. The highest BCUT2D eigenvalue weighted by Crippen LogP contribution is 2.24. The van der Waals surface area contributed by atoms with Gasteiger partial charge in [0, 0.05) is 24.8 Å². The van der Waals surface area contributed by atoms with Crippen LogP contribution in [0.2, 0.25) is 5.02 Å². The lowest BCUT2D eigenvalue weighted by Crippen LogP contribution is -2.35. The molecule has 8 heteroatoms. The highest BCUT2D eigenvalue weighted by Gasteiger charge is 2.17. The van der Waals surface area contributed by atoms with Gasteiger partial charge in [0.1, 0.15) is 0 Å². The first-order valence-electron chi connectivity index (χ1n) is 7.01. The number of amides is 1. The third kappa shape index (κ3) is 5.15. The van der Waals surface area contributed by atoms with Crippen molar-refractivity contribution in [3.63, 3.8) is 0 Å². The predicted molar refractivity (Wildman–Crippen MR) is 85.8 cm³/mol. The molecule has 1 aliphatic heterocycles. The number of rotatable bonds is 4. The summed E-state index contributed by atoms with van der Waals surface area (Å²) in [7, 11) is -3.46. The van der Waals surface area contributed by atoms with Crippen molar-refractivity contribution in [1.29, 1.82) is 0 Å². The molecular weight excluding hydrogens is 328 g/mol. The van der Waals surface area contributed by atoms with Crippen LogP contribution in [0.3, 0.4) is 0 Å². The Balaban J connectivity index is 2.10. The van der Waals surface area contributed by atoms with Crippen LogP contribution in [0.15, 0.2) is 18.2 Å². The number of anilines is 1. The number of nitrogens with one attached hydrogen (secondary N) is 2. The number of hydrogen-bond donors (Lipinski definition) is 2. The van der Waals surface area contributed by atoms with E-state index >= 15 is 0 Å². The van der Waals surface area contributed by atoms with Gasteiger partial charge in [0.25, 0.3) is 5.91 Å². The molecule has 1 aromatic carbocycles. The standard InChI is InChI=1S/C14H19ClN2O4S/c1-22(19,20)17-13-9-10(4-5-12(13)15)14(18)16-11-3-2-7-21-8-6-11/h4-5,9,11,17H,2-3,6-8H2,1H3,(H,16,18). The molecule has 1 saturated heterocycles. The van der Waals surface area contributed by atoms with Gasteiger partial charge in [-0.3, -0.25) is 9.52 Å². The molecule has 1 heterocycles. The fourth-order valence-corrected chi connectivity index (χ4v) is 3.05. The predicted octanol–water partition coefficient (Wildman–Crippen LogP) is 2.01. The van der Waals surface area contributed by atoms with Crippen LogP contribution in [0.25, 0.3) is 0 Å². The number of sulfonamides is 1. The maximum atomic E-state index is 12.3. The molecule has 122 valence electrons. The van der Waals surface area contributed by atoms with E-state index in [0.717, 1.165) is 32.1 Å². The molecule has 0 spiro atoms. The van der Waals surface area contributed by atoms with Gasteiger partial charge >= 0.3 is 0 Å². The SMILES string of the molecule is CS(=O)(=O)Nc1cc(C(=O)NC2CCCOCC2)ccc1Cl. The minimum absolute atomic E-state index is 0.0667. The minimum Gasteiger partial charge on any atom is -0.381 e. The summed E-state index contributed by atoms with van der Waals surface area (Å²) in [6.07, 6.45) is 3.58. The van der Waals surface area contributed by atoms with E-state index in [9.17, 15) is 13.2 Å². The summed E-state index contributed by atoms with van der Waals surface area (Å²) in [6, 6.07) is 4.57. The molecule has 0 radical (unpaired) electrons. The summed E-state index contributed by atoms with van der Waals surface area (Å²) >= 11 is 5.95. The monoisotopic (exact) mass is 346 g/mol. The van der Waals surface area contributed by atoms with Gasteiger partial charge in [-0.2, -0.15) is 0 Å². The van der Waals surface area contributed by atoms with Crippen LogP contribution in [0.1, 0.15) is 29.6 Å². The molecule has 0 aliphatic carbocycles. The molecule has 1 unspecified atom stereocenters. The van der Waals surface area contributed by atoms with Gasteiger partial charge in [-0.1, -0.05) is 11.6 Å². The fourth-order valence-electron chi connectivity index (χ4n) is 2.26. The van der Waals surface area contributed by atoms with E-state index in [1.807, 2.05) is 0 Å². The molecule has 1 fully saturated rings. The second-order valence-electron chi connectivity index (χ2n) is 5.28. The van der Waals surface area contributed by atoms with Gasteiger partial charge in [-0.15, -0.1) is 0 Å². The van der Waals surface area contributed by atoms with Crippen molar-refractivity contribution in [1.82, 2.24) is 5.32 Å². The van der Waals surface area contributed by atoms with Gasteiger partial charge in [-0.05, 0) is 37.5 Å². The van der Waals surface area contributed by atoms with Crippen LogP contribution < -0.4 is 10.0 Å². The van der Waals surface area contributed by atoms with Crippen molar-refractivity contribution in [2.75, 3.05) is 24.2 Å². The Hall–Kier alpha value is -1.31. The molecule has 6 nitrogen and oxygen atoms in total. The molecule has 1 atom stereocenters. The van der Waals surface area contributed by atoms with E-state index in [-0.39, 0.29) is 22.7 Å². The zero-order valence-electron chi connectivity index (χ0n) is 12.3. The topological polar surface area (TPSA) is 84.5 Å². The minimum atomic E-state index is -3.46. The van der Waals surface area contributed by atoms with Crippen molar-refractivity contribution in [2.45, 2.75) is 25.3 Å². The third-order valence-corrected chi connectivity index (χ3v) is 4.23. The fraction of sp³-hybridized carbons (Fsp3) is 0.500. The summed E-state index contributed by atoms with van der Waals surface area (Å²) in [6.45, 7) is 1.35.